The molecule has 0 radical (unpaired) electrons. The molecule has 1 atom stereocenters. The van der Waals surface area contributed by atoms with Gasteiger partial charge in [-0.2, -0.15) is 0 Å². The van der Waals surface area contributed by atoms with Crippen molar-refractivity contribution in [3.05, 3.63) is 22.3 Å². The van der Waals surface area contributed by atoms with Gasteiger partial charge in [0.1, 0.15) is 5.82 Å². The van der Waals surface area contributed by atoms with E-state index in [1.165, 1.54) is 38.6 Å². The van der Waals surface area contributed by atoms with Crippen LogP contribution in [0.3, 0.4) is 0 Å². The Morgan fingerprint density at radius 1 is 1.32 bits per heavy atom. The highest BCUT2D eigenvalue weighted by Crippen LogP contribution is 2.32. The number of rotatable bonds is 4. The predicted octanol–water partition coefficient (Wildman–Crippen LogP) is 3.26. The lowest BCUT2D eigenvalue weighted by atomic mass is 10.0. The lowest BCUT2D eigenvalue weighted by Crippen LogP contribution is -2.44. The van der Waals surface area contributed by atoms with E-state index in [0.717, 1.165) is 28.6 Å². The molecule has 0 spiro atoms. The van der Waals surface area contributed by atoms with Gasteiger partial charge >= 0.3 is 0 Å². The molecule has 104 valence electrons. The zero-order valence-electron chi connectivity index (χ0n) is 11.5. The van der Waals surface area contributed by atoms with Crippen molar-refractivity contribution < 1.29 is 0 Å². The first-order valence-corrected chi connectivity index (χ1v) is 8.16. The van der Waals surface area contributed by atoms with Crippen molar-refractivity contribution in [2.24, 2.45) is 0 Å². The first-order chi connectivity index (χ1) is 9.24. The van der Waals surface area contributed by atoms with Crippen molar-refractivity contribution in [1.82, 2.24) is 10.3 Å². The Kier molecular flexibility index (Phi) is 4.08. The molecule has 4 heteroatoms. The molecule has 1 unspecified atom stereocenters. The molecule has 0 bridgehead atoms. The number of aromatic nitrogens is 1. The number of anilines is 1. The minimum absolute atomic E-state index is 0.639. The van der Waals surface area contributed by atoms with Crippen LogP contribution in [0.4, 0.5) is 5.82 Å². The van der Waals surface area contributed by atoms with Crippen LogP contribution in [0.25, 0.3) is 0 Å². The van der Waals surface area contributed by atoms with Gasteiger partial charge in [0.15, 0.2) is 0 Å². The van der Waals surface area contributed by atoms with Crippen molar-refractivity contribution in [2.75, 3.05) is 18.0 Å². The lowest BCUT2D eigenvalue weighted by molar-refractivity contribution is 0.397. The van der Waals surface area contributed by atoms with Crippen LogP contribution in [0.2, 0.25) is 0 Å². The largest absolute Gasteiger partial charge is 0.352 e. The quantitative estimate of drug-likeness (QED) is 0.921. The maximum Gasteiger partial charge on any atom is 0.129 e. The third-order valence-corrected chi connectivity index (χ3v) is 4.96. The molecule has 0 aromatic carbocycles. The summed E-state index contributed by atoms with van der Waals surface area (Å²) in [5.41, 5.74) is 1.08. The summed E-state index contributed by atoms with van der Waals surface area (Å²) in [5.74, 6) is 1.15. The third-order valence-electron chi connectivity index (χ3n) is 4.12. The molecule has 2 aliphatic rings. The summed E-state index contributed by atoms with van der Waals surface area (Å²) in [5, 5.41) is 3.65. The predicted molar refractivity (Wildman–Crippen MR) is 82.7 cm³/mol. The van der Waals surface area contributed by atoms with Crippen LogP contribution in [0.1, 0.15) is 37.8 Å². The second kappa shape index (κ2) is 5.80. The van der Waals surface area contributed by atoms with Crippen LogP contribution >= 0.6 is 15.9 Å². The summed E-state index contributed by atoms with van der Waals surface area (Å²) in [7, 11) is 0. The first kappa shape index (κ1) is 13.4. The Labute approximate surface area is 123 Å². The van der Waals surface area contributed by atoms with Crippen LogP contribution in [-0.4, -0.2) is 30.2 Å². The molecule has 0 amide bonds. The van der Waals surface area contributed by atoms with E-state index in [0.29, 0.717) is 6.04 Å². The Bertz CT molecular complexity index is 439. The fourth-order valence-electron chi connectivity index (χ4n) is 2.82. The van der Waals surface area contributed by atoms with Gasteiger partial charge in [-0.25, -0.2) is 4.98 Å². The fraction of sp³-hybridized carbons (Fsp3) is 0.667. The van der Waals surface area contributed by atoms with Crippen molar-refractivity contribution >= 4 is 21.7 Å². The normalized spacial score (nSPS) is 23.4. The van der Waals surface area contributed by atoms with E-state index in [1.807, 2.05) is 0 Å². The molecule has 1 saturated carbocycles. The topological polar surface area (TPSA) is 28.2 Å². The van der Waals surface area contributed by atoms with Gasteiger partial charge in [0.05, 0.1) is 5.69 Å². The molecule has 3 rings (SSSR count). The number of aryl methyl sites for hydroxylation is 1. The lowest BCUT2D eigenvalue weighted by Gasteiger charge is -2.31. The highest BCUT2D eigenvalue weighted by Gasteiger charge is 2.32. The Hall–Kier alpha value is -0.610. The summed E-state index contributed by atoms with van der Waals surface area (Å²) in [6.07, 6.45) is 6.64. The van der Waals surface area contributed by atoms with Gasteiger partial charge in [-0.05, 0) is 67.2 Å². The molecular weight excluding hydrogens is 302 g/mol. The highest BCUT2D eigenvalue weighted by atomic mass is 79.9. The van der Waals surface area contributed by atoms with Gasteiger partial charge in [-0.15, -0.1) is 0 Å². The standard InChI is InChI=1S/C15H22BrN3/c1-11-14(16)7-8-15(18-11)19(13-5-6-13)10-12-4-2-3-9-17-12/h7-8,12-13,17H,2-6,9-10H2,1H3. The fourth-order valence-corrected chi connectivity index (χ4v) is 3.04. The Balaban J connectivity index is 1.74. The second-order valence-corrected chi connectivity index (χ2v) is 6.62. The van der Waals surface area contributed by atoms with E-state index in [4.69, 9.17) is 4.98 Å². The van der Waals surface area contributed by atoms with Crippen molar-refractivity contribution in [1.29, 1.82) is 0 Å². The average molecular weight is 324 g/mol. The number of nitrogens with zero attached hydrogens (tertiary/aromatic N) is 2. The van der Waals surface area contributed by atoms with E-state index >= 15 is 0 Å². The zero-order chi connectivity index (χ0) is 13.2. The molecule has 19 heavy (non-hydrogen) atoms. The van der Waals surface area contributed by atoms with Gasteiger partial charge < -0.3 is 10.2 Å². The Morgan fingerprint density at radius 2 is 2.16 bits per heavy atom. The molecule has 1 saturated heterocycles. The van der Waals surface area contributed by atoms with Crippen molar-refractivity contribution in [3.63, 3.8) is 0 Å². The SMILES string of the molecule is Cc1nc(N(CC2CCCCN2)C2CC2)ccc1Br. The molecule has 1 aliphatic heterocycles. The molecule has 1 aliphatic carbocycles. The van der Waals surface area contributed by atoms with Crippen molar-refractivity contribution in [2.45, 2.75) is 51.1 Å². The van der Waals surface area contributed by atoms with Gasteiger partial charge in [-0.3, -0.25) is 0 Å². The van der Waals surface area contributed by atoms with E-state index in [1.54, 1.807) is 0 Å². The van der Waals surface area contributed by atoms with Crippen LogP contribution in [0, 0.1) is 6.92 Å². The van der Waals surface area contributed by atoms with Gasteiger partial charge in [0.25, 0.3) is 0 Å². The van der Waals surface area contributed by atoms with Gasteiger partial charge in [-0.1, -0.05) is 6.42 Å². The molecule has 1 aromatic heterocycles. The number of pyridine rings is 1. The van der Waals surface area contributed by atoms with Gasteiger partial charge in [0, 0.05) is 23.1 Å². The first-order valence-electron chi connectivity index (χ1n) is 7.37. The number of hydrogen-bond acceptors (Lipinski definition) is 3. The zero-order valence-corrected chi connectivity index (χ0v) is 13.1. The van der Waals surface area contributed by atoms with Crippen LogP contribution in [-0.2, 0) is 0 Å². The summed E-state index contributed by atoms with van der Waals surface area (Å²) in [6, 6.07) is 5.64. The highest BCUT2D eigenvalue weighted by molar-refractivity contribution is 9.10. The summed E-state index contributed by atoms with van der Waals surface area (Å²) in [6.45, 7) is 4.35. The number of nitrogens with one attached hydrogen (secondary N) is 1. The second-order valence-electron chi connectivity index (χ2n) is 5.77. The third kappa shape index (κ3) is 3.29. The number of piperidine rings is 1. The minimum Gasteiger partial charge on any atom is -0.352 e. The van der Waals surface area contributed by atoms with Gasteiger partial charge in [0.2, 0.25) is 0 Å². The van der Waals surface area contributed by atoms with E-state index in [2.05, 4.69) is 45.2 Å². The van der Waals surface area contributed by atoms with Crippen LogP contribution in [0.5, 0.6) is 0 Å². The maximum absolute atomic E-state index is 4.75. The molecule has 1 aromatic rings. The minimum atomic E-state index is 0.639. The molecule has 1 N–H and O–H groups in total. The van der Waals surface area contributed by atoms with E-state index in [-0.39, 0.29) is 0 Å². The van der Waals surface area contributed by atoms with E-state index in [9.17, 15) is 0 Å². The number of halogens is 1. The molecule has 3 nitrogen and oxygen atoms in total. The smallest absolute Gasteiger partial charge is 0.129 e. The Morgan fingerprint density at radius 3 is 2.79 bits per heavy atom. The summed E-state index contributed by atoms with van der Waals surface area (Å²) >= 11 is 3.54. The van der Waals surface area contributed by atoms with E-state index < -0.39 is 0 Å². The molecule has 2 heterocycles. The molecular formula is C15H22BrN3. The molecule has 2 fully saturated rings. The van der Waals surface area contributed by atoms with Crippen LogP contribution < -0.4 is 10.2 Å². The number of hydrogen-bond donors (Lipinski definition) is 1. The van der Waals surface area contributed by atoms with Crippen molar-refractivity contribution in [3.8, 4) is 0 Å². The van der Waals surface area contributed by atoms with Crippen LogP contribution in [0.15, 0.2) is 16.6 Å². The maximum atomic E-state index is 4.75. The summed E-state index contributed by atoms with van der Waals surface area (Å²) in [4.78, 5) is 7.27. The summed E-state index contributed by atoms with van der Waals surface area (Å²) < 4.78 is 1.10. The monoisotopic (exact) mass is 323 g/mol. The average Bonchev–Trinajstić information content (AvgIpc) is 3.25.